The molecule has 1 N–H and O–H groups in total. The number of methoxy groups -OCH3 is 1. The van der Waals surface area contributed by atoms with Gasteiger partial charge in [-0.15, -0.1) is 0 Å². The monoisotopic (exact) mass is 248 g/mol. The van der Waals surface area contributed by atoms with Crippen LogP contribution in [-0.4, -0.2) is 42.8 Å². The fourth-order valence-electron chi connectivity index (χ4n) is 1.70. The molecule has 1 aliphatic rings. The van der Waals surface area contributed by atoms with E-state index in [9.17, 15) is 14.4 Å². The van der Waals surface area contributed by atoms with Gasteiger partial charge in [0.2, 0.25) is 11.8 Å². The Kier molecular flexibility index (Phi) is 3.27. The van der Waals surface area contributed by atoms with Crippen LogP contribution >= 0.6 is 0 Å². The molecule has 1 saturated heterocycles. The van der Waals surface area contributed by atoms with Crippen molar-refractivity contribution >= 4 is 17.7 Å². The average molecular weight is 248 g/mol. The lowest BCUT2D eigenvalue weighted by Crippen LogP contribution is -2.53. The third kappa shape index (κ3) is 2.48. The molecule has 0 aliphatic carbocycles. The zero-order valence-corrected chi connectivity index (χ0v) is 9.80. The summed E-state index contributed by atoms with van der Waals surface area (Å²) < 4.78 is 4.99. The van der Waals surface area contributed by atoms with Crippen molar-refractivity contribution in [1.82, 2.24) is 10.2 Å². The smallest absolute Gasteiger partial charge is 0.254 e. The van der Waals surface area contributed by atoms with Crippen LogP contribution in [0.2, 0.25) is 0 Å². The molecule has 0 spiro atoms. The third-order valence-electron chi connectivity index (χ3n) is 2.57. The molecule has 18 heavy (non-hydrogen) atoms. The number of nitrogens with one attached hydrogen (secondary N) is 1. The average Bonchev–Trinajstić information content (AvgIpc) is 2.37. The van der Waals surface area contributed by atoms with E-state index in [0.717, 1.165) is 0 Å². The first-order chi connectivity index (χ1) is 8.60. The van der Waals surface area contributed by atoms with Gasteiger partial charge in [0.05, 0.1) is 7.11 Å². The maximum atomic E-state index is 12.0. The predicted molar refractivity (Wildman–Crippen MR) is 62.0 cm³/mol. The molecule has 0 bridgehead atoms. The van der Waals surface area contributed by atoms with Gasteiger partial charge in [0.15, 0.2) is 0 Å². The largest absolute Gasteiger partial charge is 0.497 e. The highest BCUT2D eigenvalue weighted by molar-refractivity contribution is 6.05. The second-order valence-electron chi connectivity index (χ2n) is 3.86. The summed E-state index contributed by atoms with van der Waals surface area (Å²) in [5.74, 6) is -0.638. The molecule has 2 rings (SSSR count). The van der Waals surface area contributed by atoms with E-state index in [1.807, 2.05) is 0 Å². The summed E-state index contributed by atoms with van der Waals surface area (Å²) in [6.07, 6.45) is 0. The number of piperazine rings is 1. The molecule has 0 unspecified atom stereocenters. The number of benzene rings is 1. The lowest BCUT2D eigenvalue weighted by Gasteiger charge is -2.25. The zero-order valence-electron chi connectivity index (χ0n) is 9.80. The molecule has 94 valence electrons. The van der Waals surface area contributed by atoms with Crippen LogP contribution in [-0.2, 0) is 9.59 Å². The Hall–Kier alpha value is -2.37. The summed E-state index contributed by atoms with van der Waals surface area (Å²) in [6, 6.07) is 6.49. The molecule has 1 fully saturated rings. The lowest BCUT2D eigenvalue weighted by molar-refractivity contribution is -0.135. The normalized spacial score (nSPS) is 15.3. The number of carbonyl (C=O) groups is 3. The second-order valence-corrected chi connectivity index (χ2v) is 3.86. The summed E-state index contributed by atoms with van der Waals surface area (Å²) in [7, 11) is 1.53. The van der Waals surface area contributed by atoms with Gasteiger partial charge in [-0.25, -0.2) is 0 Å². The molecule has 1 aromatic rings. The van der Waals surface area contributed by atoms with Crippen LogP contribution in [0.4, 0.5) is 0 Å². The number of hydrogen-bond donors (Lipinski definition) is 1. The summed E-state index contributed by atoms with van der Waals surface area (Å²) in [5.41, 5.74) is 0.415. The quantitative estimate of drug-likeness (QED) is 0.735. The number of hydrogen-bond acceptors (Lipinski definition) is 4. The molecule has 6 nitrogen and oxygen atoms in total. The minimum absolute atomic E-state index is 0.101. The maximum absolute atomic E-state index is 12.0. The molecule has 1 aliphatic heterocycles. The fraction of sp³-hybridized carbons (Fsp3) is 0.250. The van der Waals surface area contributed by atoms with Crippen LogP contribution in [0.15, 0.2) is 24.3 Å². The first-order valence-corrected chi connectivity index (χ1v) is 5.36. The van der Waals surface area contributed by atoms with Crippen LogP contribution in [0.3, 0.4) is 0 Å². The van der Waals surface area contributed by atoms with Gasteiger partial charge in [-0.2, -0.15) is 0 Å². The molecule has 0 aromatic heterocycles. The van der Waals surface area contributed by atoms with E-state index in [2.05, 4.69) is 5.32 Å². The minimum Gasteiger partial charge on any atom is -0.497 e. The molecule has 0 radical (unpaired) electrons. The summed E-state index contributed by atoms with van der Waals surface area (Å²) in [5, 5.41) is 2.14. The Morgan fingerprint density at radius 2 is 1.72 bits per heavy atom. The van der Waals surface area contributed by atoms with Crippen LogP contribution in [0.25, 0.3) is 0 Å². The van der Waals surface area contributed by atoms with Gasteiger partial charge in [-0.05, 0) is 24.3 Å². The minimum atomic E-state index is -0.465. The Balaban J connectivity index is 2.14. The number of imide groups is 1. The van der Waals surface area contributed by atoms with Crippen molar-refractivity contribution in [2.24, 2.45) is 0 Å². The molecule has 3 amide bonds. The van der Waals surface area contributed by atoms with Crippen molar-refractivity contribution in [3.05, 3.63) is 29.8 Å². The standard InChI is InChI=1S/C12H12N2O4/c1-18-9-4-2-8(3-5-9)12(17)14-6-10(15)13-11(16)7-14/h2-5H,6-7H2,1H3,(H,13,15,16). The SMILES string of the molecule is COc1ccc(C(=O)N2CC(=O)NC(=O)C2)cc1. The van der Waals surface area contributed by atoms with E-state index >= 15 is 0 Å². The first-order valence-electron chi connectivity index (χ1n) is 5.36. The number of rotatable bonds is 2. The summed E-state index contributed by atoms with van der Waals surface area (Å²) in [6.45, 7) is -0.201. The van der Waals surface area contributed by atoms with Crippen molar-refractivity contribution in [2.75, 3.05) is 20.2 Å². The van der Waals surface area contributed by atoms with E-state index in [1.54, 1.807) is 24.3 Å². The predicted octanol–water partition coefficient (Wildman–Crippen LogP) is -0.206. The fourth-order valence-corrected chi connectivity index (χ4v) is 1.70. The van der Waals surface area contributed by atoms with Crippen molar-refractivity contribution in [3.63, 3.8) is 0 Å². The highest BCUT2D eigenvalue weighted by Crippen LogP contribution is 2.13. The molecule has 1 heterocycles. The summed E-state index contributed by atoms with van der Waals surface area (Å²) >= 11 is 0. The zero-order chi connectivity index (χ0) is 13.1. The third-order valence-corrected chi connectivity index (χ3v) is 2.57. The van der Waals surface area contributed by atoms with Crippen LogP contribution in [0, 0.1) is 0 Å². The van der Waals surface area contributed by atoms with Gasteiger partial charge in [-0.3, -0.25) is 19.7 Å². The topological polar surface area (TPSA) is 75.7 Å². The highest BCUT2D eigenvalue weighted by Gasteiger charge is 2.26. The van der Waals surface area contributed by atoms with Gasteiger partial charge in [0.25, 0.3) is 5.91 Å². The molecular weight excluding hydrogens is 236 g/mol. The van der Waals surface area contributed by atoms with Crippen molar-refractivity contribution in [1.29, 1.82) is 0 Å². The van der Waals surface area contributed by atoms with E-state index < -0.39 is 11.8 Å². The van der Waals surface area contributed by atoms with Gasteiger partial charge in [-0.1, -0.05) is 0 Å². The van der Waals surface area contributed by atoms with E-state index in [-0.39, 0.29) is 19.0 Å². The Morgan fingerprint density at radius 1 is 1.17 bits per heavy atom. The van der Waals surface area contributed by atoms with Crippen molar-refractivity contribution in [3.8, 4) is 5.75 Å². The highest BCUT2D eigenvalue weighted by atomic mass is 16.5. The van der Waals surface area contributed by atoms with Gasteiger partial charge < -0.3 is 9.64 Å². The van der Waals surface area contributed by atoms with Gasteiger partial charge in [0.1, 0.15) is 18.8 Å². The van der Waals surface area contributed by atoms with Gasteiger partial charge in [0, 0.05) is 5.56 Å². The number of ether oxygens (including phenoxy) is 1. The maximum Gasteiger partial charge on any atom is 0.254 e. The van der Waals surface area contributed by atoms with Gasteiger partial charge >= 0.3 is 0 Å². The van der Waals surface area contributed by atoms with E-state index in [1.165, 1.54) is 12.0 Å². The van der Waals surface area contributed by atoms with Crippen molar-refractivity contribution in [2.45, 2.75) is 0 Å². The van der Waals surface area contributed by atoms with E-state index in [4.69, 9.17) is 4.74 Å². The molecular formula is C12H12N2O4. The Morgan fingerprint density at radius 3 is 2.22 bits per heavy atom. The van der Waals surface area contributed by atoms with Crippen molar-refractivity contribution < 1.29 is 19.1 Å². The lowest BCUT2D eigenvalue weighted by atomic mass is 10.1. The Labute approximate surface area is 104 Å². The number of carbonyl (C=O) groups excluding carboxylic acids is 3. The van der Waals surface area contributed by atoms with Crippen LogP contribution in [0.5, 0.6) is 5.75 Å². The summed E-state index contributed by atoms with van der Waals surface area (Å²) in [4.78, 5) is 35.6. The Bertz CT molecular complexity index is 479. The number of nitrogens with zero attached hydrogens (tertiary/aromatic N) is 1. The molecule has 0 saturated carbocycles. The molecule has 6 heteroatoms. The van der Waals surface area contributed by atoms with E-state index in [0.29, 0.717) is 11.3 Å². The second kappa shape index (κ2) is 4.87. The number of amides is 3. The first kappa shape index (κ1) is 12.1. The van der Waals surface area contributed by atoms with Crippen LogP contribution < -0.4 is 10.1 Å². The molecule has 1 aromatic carbocycles. The van der Waals surface area contributed by atoms with Crippen LogP contribution in [0.1, 0.15) is 10.4 Å². The molecule has 0 atom stereocenters.